The lowest BCUT2D eigenvalue weighted by Gasteiger charge is -2.49. The van der Waals surface area contributed by atoms with E-state index in [9.17, 15) is 13.2 Å². The van der Waals surface area contributed by atoms with Crippen molar-refractivity contribution in [2.24, 2.45) is 0 Å². The number of hydrogen-bond donors (Lipinski definition) is 0. The van der Waals surface area contributed by atoms with Gasteiger partial charge in [-0.2, -0.15) is 4.31 Å². The lowest BCUT2D eigenvalue weighted by Crippen LogP contribution is -2.60. The van der Waals surface area contributed by atoms with E-state index >= 15 is 0 Å². The van der Waals surface area contributed by atoms with E-state index < -0.39 is 15.6 Å². The molecule has 1 spiro atoms. The summed E-state index contributed by atoms with van der Waals surface area (Å²) in [6.07, 6.45) is 4.14. The van der Waals surface area contributed by atoms with E-state index in [0.717, 1.165) is 11.5 Å². The molecule has 0 aliphatic carbocycles. The summed E-state index contributed by atoms with van der Waals surface area (Å²) < 4.78 is 33.4. The lowest BCUT2D eigenvalue weighted by molar-refractivity contribution is -0.137. The molecule has 134 valence electrons. The van der Waals surface area contributed by atoms with Gasteiger partial charge in [-0.1, -0.05) is 0 Å². The molecule has 0 N–H and O–H groups in total. The number of nitrogens with zero attached hydrogens (tertiary/aromatic N) is 4. The predicted molar refractivity (Wildman–Crippen MR) is 87.9 cm³/mol. The molecule has 0 aromatic carbocycles. The van der Waals surface area contributed by atoms with Gasteiger partial charge in [-0.3, -0.25) is 4.79 Å². The van der Waals surface area contributed by atoms with E-state index in [0.29, 0.717) is 39.0 Å². The van der Waals surface area contributed by atoms with Crippen LogP contribution in [0.25, 0.3) is 0 Å². The van der Waals surface area contributed by atoms with Gasteiger partial charge in [0.2, 0.25) is 15.9 Å². The van der Waals surface area contributed by atoms with Crippen molar-refractivity contribution < 1.29 is 17.9 Å². The predicted octanol–water partition coefficient (Wildman–Crippen LogP) is -0.0692. The first-order valence-electron chi connectivity index (χ1n) is 8.07. The van der Waals surface area contributed by atoms with E-state index in [-0.39, 0.29) is 12.5 Å². The van der Waals surface area contributed by atoms with Crippen molar-refractivity contribution in [3.05, 3.63) is 17.7 Å². The number of aryl methyl sites for hydroxylation is 1. The number of imidazole rings is 1. The molecule has 1 amide bonds. The van der Waals surface area contributed by atoms with Crippen molar-refractivity contribution in [1.29, 1.82) is 0 Å². The molecule has 1 aromatic rings. The number of fused-ring (bicyclic) bond motifs is 2. The van der Waals surface area contributed by atoms with E-state index in [2.05, 4.69) is 9.55 Å². The summed E-state index contributed by atoms with van der Waals surface area (Å²) in [5.74, 6) is 0.740. The van der Waals surface area contributed by atoms with Gasteiger partial charge in [0, 0.05) is 45.2 Å². The second-order valence-corrected chi connectivity index (χ2v) is 8.46. The Balaban J connectivity index is 1.95. The Morgan fingerprint density at radius 3 is 2.54 bits per heavy atom. The maximum atomic E-state index is 12.4. The van der Waals surface area contributed by atoms with Gasteiger partial charge < -0.3 is 14.2 Å². The number of ether oxygens (including phenoxy) is 1. The van der Waals surface area contributed by atoms with Crippen LogP contribution in [0.4, 0.5) is 0 Å². The van der Waals surface area contributed by atoms with Gasteiger partial charge in [-0.15, -0.1) is 0 Å². The minimum Gasteiger partial charge on any atom is -0.375 e. The molecule has 0 bridgehead atoms. The molecule has 2 aliphatic heterocycles. The third-order valence-corrected chi connectivity index (χ3v) is 6.42. The van der Waals surface area contributed by atoms with Crippen LogP contribution in [0.15, 0.2) is 6.20 Å². The topological polar surface area (TPSA) is 84.7 Å². The van der Waals surface area contributed by atoms with Crippen LogP contribution in [-0.4, -0.2) is 72.7 Å². The number of likely N-dealkylation sites (tertiary alicyclic amines) is 1. The summed E-state index contributed by atoms with van der Waals surface area (Å²) in [5.41, 5.74) is 0.375. The molecule has 8 nitrogen and oxygen atoms in total. The zero-order chi connectivity index (χ0) is 17.5. The number of aromatic nitrogens is 2. The maximum Gasteiger partial charge on any atom is 0.248 e. The Morgan fingerprint density at radius 1 is 1.29 bits per heavy atom. The van der Waals surface area contributed by atoms with Crippen LogP contribution < -0.4 is 0 Å². The molecule has 3 heterocycles. The first-order chi connectivity index (χ1) is 11.3. The quantitative estimate of drug-likeness (QED) is 0.757. The van der Waals surface area contributed by atoms with Crippen molar-refractivity contribution in [2.75, 3.05) is 39.6 Å². The summed E-state index contributed by atoms with van der Waals surface area (Å²) in [7, 11) is -1.87. The summed E-state index contributed by atoms with van der Waals surface area (Å²) in [4.78, 5) is 18.3. The Morgan fingerprint density at radius 2 is 1.96 bits per heavy atom. The standard InChI is InChI=1S/C15H24N4O4S/c1-12-10-16-14-15(19(24(3,21)22)9-8-18(12)14)4-6-17(7-5-15)13(20)11-23-2/h10H,4-9,11H2,1-3H3. The van der Waals surface area contributed by atoms with E-state index in [1.165, 1.54) is 13.4 Å². The van der Waals surface area contributed by atoms with Gasteiger partial charge in [0.15, 0.2) is 0 Å². The number of sulfonamides is 1. The van der Waals surface area contributed by atoms with Crippen molar-refractivity contribution in [3.63, 3.8) is 0 Å². The zero-order valence-corrected chi connectivity index (χ0v) is 15.2. The average molecular weight is 356 g/mol. The molecular formula is C15H24N4O4S. The Kier molecular flexibility index (Phi) is 4.43. The first kappa shape index (κ1) is 17.4. The molecule has 1 saturated heterocycles. The number of hydrogen-bond acceptors (Lipinski definition) is 5. The molecule has 2 aliphatic rings. The number of rotatable bonds is 3. The van der Waals surface area contributed by atoms with Crippen molar-refractivity contribution in [1.82, 2.24) is 18.8 Å². The molecular weight excluding hydrogens is 332 g/mol. The summed E-state index contributed by atoms with van der Waals surface area (Å²) in [6.45, 7) is 4.09. The molecule has 3 rings (SSSR count). The van der Waals surface area contributed by atoms with Gasteiger partial charge in [0.25, 0.3) is 0 Å². The molecule has 9 heteroatoms. The summed E-state index contributed by atoms with van der Waals surface area (Å²) >= 11 is 0. The van der Waals surface area contributed by atoms with Crippen LogP contribution in [-0.2, 0) is 31.6 Å². The fourth-order valence-corrected chi connectivity index (χ4v) is 5.24. The smallest absolute Gasteiger partial charge is 0.248 e. The van der Waals surface area contributed by atoms with E-state index in [4.69, 9.17) is 4.74 Å². The molecule has 0 radical (unpaired) electrons. The minimum absolute atomic E-state index is 0.0521. The molecule has 0 atom stereocenters. The van der Waals surface area contributed by atoms with Crippen molar-refractivity contribution >= 4 is 15.9 Å². The molecule has 0 unspecified atom stereocenters. The third kappa shape index (κ3) is 2.74. The van der Waals surface area contributed by atoms with Crippen LogP contribution in [0.1, 0.15) is 24.4 Å². The SMILES string of the molecule is COCC(=O)N1CCC2(CC1)c1ncc(C)n1CCN2S(C)(=O)=O. The van der Waals surface area contributed by atoms with Crippen LogP contribution in [0, 0.1) is 6.92 Å². The van der Waals surface area contributed by atoms with Gasteiger partial charge in [0.1, 0.15) is 12.4 Å². The Hall–Kier alpha value is -1.45. The summed E-state index contributed by atoms with van der Waals surface area (Å²) in [5, 5.41) is 0. The number of methoxy groups -OCH3 is 1. The van der Waals surface area contributed by atoms with Gasteiger partial charge >= 0.3 is 0 Å². The second kappa shape index (κ2) is 6.12. The third-order valence-electron chi connectivity index (χ3n) is 5.09. The van der Waals surface area contributed by atoms with Gasteiger partial charge in [0.05, 0.1) is 11.8 Å². The molecule has 0 saturated carbocycles. The number of amides is 1. The highest BCUT2D eigenvalue weighted by Crippen LogP contribution is 2.42. The molecule has 1 aromatic heterocycles. The first-order valence-corrected chi connectivity index (χ1v) is 9.91. The van der Waals surface area contributed by atoms with E-state index in [1.807, 2.05) is 6.92 Å². The monoisotopic (exact) mass is 356 g/mol. The van der Waals surface area contributed by atoms with Crippen molar-refractivity contribution in [3.8, 4) is 0 Å². The van der Waals surface area contributed by atoms with E-state index in [1.54, 1.807) is 15.4 Å². The normalized spacial score (nSPS) is 21.0. The van der Waals surface area contributed by atoms with Gasteiger partial charge in [-0.25, -0.2) is 13.4 Å². The fourth-order valence-electron chi connectivity index (χ4n) is 3.93. The van der Waals surface area contributed by atoms with Crippen LogP contribution in [0.2, 0.25) is 0 Å². The average Bonchev–Trinajstić information content (AvgIpc) is 2.90. The second-order valence-electron chi connectivity index (χ2n) is 6.56. The molecule has 24 heavy (non-hydrogen) atoms. The zero-order valence-electron chi connectivity index (χ0n) is 14.4. The molecule has 1 fully saturated rings. The minimum atomic E-state index is -3.36. The highest BCUT2D eigenvalue weighted by atomic mass is 32.2. The van der Waals surface area contributed by atoms with Crippen LogP contribution >= 0.6 is 0 Å². The Labute approximate surface area is 142 Å². The van der Waals surface area contributed by atoms with Crippen LogP contribution in [0.3, 0.4) is 0 Å². The highest BCUT2D eigenvalue weighted by Gasteiger charge is 2.50. The Bertz CT molecular complexity index is 735. The van der Waals surface area contributed by atoms with Crippen LogP contribution in [0.5, 0.6) is 0 Å². The lowest BCUT2D eigenvalue weighted by atomic mass is 9.85. The fraction of sp³-hybridized carbons (Fsp3) is 0.733. The number of carbonyl (C=O) groups is 1. The van der Waals surface area contributed by atoms with Crippen molar-refractivity contribution in [2.45, 2.75) is 31.8 Å². The maximum absolute atomic E-state index is 12.4. The number of carbonyl (C=O) groups excluding carboxylic acids is 1. The van der Waals surface area contributed by atoms with Gasteiger partial charge in [-0.05, 0) is 19.8 Å². The summed E-state index contributed by atoms with van der Waals surface area (Å²) in [6, 6.07) is 0. The number of piperidine rings is 1. The largest absolute Gasteiger partial charge is 0.375 e. The highest BCUT2D eigenvalue weighted by molar-refractivity contribution is 7.88.